The SMILES string of the molecule is CC1(C)C(=O)N(C2CC2)C2=CC=CC(=O)CN21. The molecule has 3 aliphatic rings. The van der Waals surface area contributed by atoms with Gasteiger partial charge in [-0.15, -0.1) is 0 Å². The van der Waals surface area contributed by atoms with E-state index in [2.05, 4.69) is 0 Å². The van der Waals surface area contributed by atoms with Gasteiger partial charge in [0.2, 0.25) is 0 Å². The molecule has 3 rings (SSSR count). The molecule has 2 fully saturated rings. The maximum Gasteiger partial charge on any atom is 0.253 e. The third kappa shape index (κ3) is 1.43. The van der Waals surface area contributed by atoms with Crippen molar-refractivity contribution < 1.29 is 9.59 Å². The summed E-state index contributed by atoms with van der Waals surface area (Å²) in [7, 11) is 0. The molecule has 2 aliphatic heterocycles. The van der Waals surface area contributed by atoms with E-state index in [1.165, 1.54) is 0 Å². The summed E-state index contributed by atoms with van der Waals surface area (Å²) in [4.78, 5) is 27.8. The monoisotopic (exact) mass is 232 g/mol. The van der Waals surface area contributed by atoms with Crippen LogP contribution in [0.5, 0.6) is 0 Å². The van der Waals surface area contributed by atoms with Gasteiger partial charge >= 0.3 is 0 Å². The molecule has 0 aromatic carbocycles. The Morgan fingerprint density at radius 1 is 1.29 bits per heavy atom. The Hall–Kier alpha value is -1.58. The first-order valence-corrected chi connectivity index (χ1v) is 6.04. The number of hydrogen-bond donors (Lipinski definition) is 0. The summed E-state index contributed by atoms with van der Waals surface area (Å²) in [5.41, 5.74) is -0.601. The highest BCUT2D eigenvalue weighted by Crippen LogP contribution is 2.41. The van der Waals surface area contributed by atoms with E-state index >= 15 is 0 Å². The van der Waals surface area contributed by atoms with E-state index in [-0.39, 0.29) is 11.7 Å². The molecule has 0 atom stereocenters. The molecule has 1 aliphatic carbocycles. The third-order valence-electron chi connectivity index (χ3n) is 3.69. The van der Waals surface area contributed by atoms with Crippen molar-refractivity contribution in [3.05, 3.63) is 24.0 Å². The van der Waals surface area contributed by atoms with Gasteiger partial charge in [-0.25, -0.2) is 0 Å². The van der Waals surface area contributed by atoms with Crippen molar-refractivity contribution in [1.82, 2.24) is 9.80 Å². The van der Waals surface area contributed by atoms with E-state index in [1.807, 2.05) is 29.7 Å². The predicted octanol–water partition coefficient (Wildman–Crippen LogP) is 1.05. The van der Waals surface area contributed by atoms with Crippen LogP contribution in [0.15, 0.2) is 24.0 Å². The molecule has 1 saturated heterocycles. The minimum absolute atomic E-state index is 0.0507. The van der Waals surface area contributed by atoms with E-state index in [4.69, 9.17) is 0 Å². The lowest BCUT2D eigenvalue weighted by atomic mass is 10.0. The van der Waals surface area contributed by atoms with Gasteiger partial charge in [0.25, 0.3) is 5.91 Å². The Morgan fingerprint density at radius 2 is 2.00 bits per heavy atom. The van der Waals surface area contributed by atoms with Crippen LogP contribution in [0.4, 0.5) is 0 Å². The number of fused-ring (bicyclic) bond motifs is 1. The summed E-state index contributed by atoms with van der Waals surface area (Å²) >= 11 is 0. The third-order valence-corrected chi connectivity index (χ3v) is 3.69. The van der Waals surface area contributed by atoms with Crippen LogP contribution < -0.4 is 0 Å². The second-order valence-corrected chi connectivity index (χ2v) is 5.40. The molecular formula is C13H16N2O2. The zero-order valence-corrected chi connectivity index (χ0v) is 10.1. The van der Waals surface area contributed by atoms with Crippen LogP contribution in [0, 0.1) is 0 Å². The number of hydrogen-bond acceptors (Lipinski definition) is 3. The van der Waals surface area contributed by atoms with Crippen molar-refractivity contribution >= 4 is 11.7 Å². The highest BCUT2D eigenvalue weighted by Gasteiger charge is 2.53. The van der Waals surface area contributed by atoms with Crippen molar-refractivity contribution in [1.29, 1.82) is 0 Å². The maximum atomic E-state index is 12.4. The summed E-state index contributed by atoms with van der Waals surface area (Å²) in [5.74, 6) is 1.06. The van der Waals surface area contributed by atoms with E-state index in [9.17, 15) is 9.59 Å². The van der Waals surface area contributed by atoms with Crippen molar-refractivity contribution in [2.45, 2.75) is 38.3 Å². The van der Waals surface area contributed by atoms with Crippen LogP contribution in [0.3, 0.4) is 0 Å². The number of carbonyl (C=O) groups excluding carboxylic acids is 2. The summed E-state index contributed by atoms with van der Waals surface area (Å²) < 4.78 is 0. The Balaban J connectivity index is 2.05. The largest absolute Gasteiger partial charge is 0.336 e. The second-order valence-electron chi connectivity index (χ2n) is 5.40. The van der Waals surface area contributed by atoms with Crippen molar-refractivity contribution in [2.24, 2.45) is 0 Å². The molecule has 0 unspecified atom stereocenters. The molecular weight excluding hydrogens is 216 g/mol. The van der Waals surface area contributed by atoms with Gasteiger partial charge in [0.05, 0.1) is 6.54 Å². The Kier molecular flexibility index (Phi) is 2.00. The maximum absolute atomic E-state index is 12.4. The van der Waals surface area contributed by atoms with E-state index < -0.39 is 5.54 Å². The number of rotatable bonds is 1. The van der Waals surface area contributed by atoms with Crippen molar-refractivity contribution in [3.63, 3.8) is 0 Å². The highest BCUT2D eigenvalue weighted by atomic mass is 16.2. The summed E-state index contributed by atoms with van der Waals surface area (Å²) in [6.45, 7) is 4.08. The van der Waals surface area contributed by atoms with Gasteiger partial charge in [-0.3, -0.25) is 14.5 Å². The molecule has 0 N–H and O–H groups in total. The smallest absolute Gasteiger partial charge is 0.253 e. The normalized spacial score (nSPS) is 27.1. The average molecular weight is 232 g/mol. The summed E-state index contributed by atoms with van der Waals surface area (Å²) in [6, 6.07) is 0.347. The van der Waals surface area contributed by atoms with Crippen LogP contribution in [0.1, 0.15) is 26.7 Å². The number of carbonyl (C=O) groups is 2. The first-order valence-electron chi connectivity index (χ1n) is 6.04. The number of amides is 1. The van der Waals surface area contributed by atoms with Crippen LogP contribution >= 0.6 is 0 Å². The fraction of sp³-hybridized carbons (Fsp3) is 0.538. The van der Waals surface area contributed by atoms with E-state index in [0.717, 1.165) is 18.7 Å². The zero-order valence-electron chi connectivity index (χ0n) is 10.1. The topological polar surface area (TPSA) is 40.6 Å². The van der Waals surface area contributed by atoms with Crippen LogP contribution in [0.25, 0.3) is 0 Å². The number of ketones is 1. The summed E-state index contributed by atoms with van der Waals surface area (Å²) in [6.07, 6.45) is 7.36. The zero-order chi connectivity index (χ0) is 12.2. The standard InChI is InChI=1S/C13H16N2O2/c1-13(2)12(17)15(9-6-7-9)11-5-3-4-10(16)8-14(11)13/h3-5,9H,6-8H2,1-2H3. The van der Waals surface area contributed by atoms with Crippen molar-refractivity contribution in [3.8, 4) is 0 Å². The molecule has 0 bridgehead atoms. The first-order chi connectivity index (χ1) is 8.01. The quantitative estimate of drug-likeness (QED) is 0.678. The molecule has 0 aromatic heterocycles. The lowest BCUT2D eigenvalue weighted by Crippen LogP contribution is -2.45. The minimum atomic E-state index is -0.601. The molecule has 0 aromatic rings. The van der Waals surface area contributed by atoms with Gasteiger partial charge in [0.1, 0.15) is 11.4 Å². The highest BCUT2D eigenvalue weighted by molar-refractivity contribution is 5.96. The average Bonchev–Trinajstić information content (AvgIpc) is 3.05. The predicted molar refractivity (Wildman–Crippen MR) is 62.9 cm³/mol. The van der Waals surface area contributed by atoms with Crippen LogP contribution in [-0.2, 0) is 9.59 Å². The van der Waals surface area contributed by atoms with Crippen LogP contribution in [0.2, 0.25) is 0 Å². The minimum Gasteiger partial charge on any atom is -0.336 e. The molecule has 4 heteroatoms. The van der Waals surface area contributed by atoms with Gasteiger partial charge in [-0.1, -0.05) is 6.08 Å². The first kappa shape index (κ1) is 10.6. The molecule has 0 spiro atoms. The van der Waals surface area contributed by atoms with Crippen molar-refractivity contribution in [2.75, 3.05) is 6.54 Å². The summed E-state index contributed by atoms with van der Waals surface area (Å²) in [5, 5.41) is 0. The lowest BCUT2D eigenvalue weighted by molar-refractivity contribution is -0.132. The van der Waals surface area contributed by atoms with E-state index in [1.54, 1.807) is 12.2 Å². The van der Waals surface area contributed by atoms with Gasteiger partial charge < -0.3 is 4.90 Å². The van der Waals surface area contributed by atoms with Crippen LogP contribution in [-0.4, -0.2) is 39.6 Å². The molecule has 2 heterocycles. The Labute approximate surface area is 101 Å². The number of allylic oxidation sites excluding steroid dienone is 2. The lowest BCUT2D eigenvalue weighted by Gasteiger charge is -2.29. The van der Waals surface area contributed by atoms with Gasteiger partial charge in [-0.2, -0.15) is 0 Å². The molecule has 0 radical (unpaired) electrons. The van der Waals surface area contributed by atoms with E-state index in [0.29, 0.717) is 12.6 Å². The molecule has 1 saturated carbocycles. The molecule has 17 heavy (non-hydrogen) atoms. The van der Waals surface area contributed by atoms with Gasteiger partial charge in [-0.05, 0) is 38.8 Å². The molecule has 1 amide bonds. The molecule has 90 valence electrons. The Morgan fingerprint density at radius 3 is 2.65 bits per heavy atom. The second kappa shape index (κ2) is 3.22. The Bertz CT molecular complexity index is 458. The fourth-order valence-corrected chi connectivity index (χ4v) is 2.52. The van der Waals surface area contributed by atoms with Gasteiger partial charge in [0, 0.05) is 6.04 Å². The van der Waals surface area contributed by atoms with Gasteiger partial charge in [0.15, 0.2) is 5.78 Å². The molecule has 4 nitrogen and oxygen atoms in total. The number of nitrogens with zero attached hydrogens (tertiary/aromatic N) is 2. The fourth-order valence-electron chi connectivity index (χ4n) is 2.52.